The Labute approximate surface area is 95.9 Å². The highest BCUT2D eigenvalue weighted by molar-refractivity contribution is 5.73. The van der Waals surface area contributed by atoms with Gasteiger partial charge in [0.2, 0.25) is 5.89 Å². The molecule has 1 aromatic carbocycles. The van der Waals surface area contributed by atoms with Crippen molar-refractivity contribution in [1.82, 2.24) is 10.3 Å². The fourth-order valence-corrected chi connectivity index (χ4v) is 1.69. The number of rotatable bonds is 5. The molecule has 0 bridgehead atoms. The molecule has 0 spiro atoms. The highest BCUT2D eigenvalue weighted by atomic mass is 16.3. The Morgan fingerprint density at radius 2 is 2.19 bits per heavy atom. The number of hydrogen-bond acceptors (Lipinski definition) is 3. The Morgan fingerprint density at radius 1 is 1.31 bits per heavy atom. The number of fused-ring (bicyclic) bond motifs is 1. The van der Waals surface area contributed by atoms with Crippen molar-refractivity contribution in [1.29, 1.82) is 0 Å². The zero-order chi connectivity index (χ0) is 11.4. The number of nitrogens with one attached hydrogen (secondary N) is 1. The lowest BCUT2D eigenvalue weighted by molar-refractivity contribution is 0.495. The van der Waals surface area contributed by atoms with E-state index in [1.54, 1.807) is 0 Å². The van der Waals surface area contributed by atoms with Gasteiger partial charge in [0, 0.05) is 0 Å². The molecule has 1 N–H and O–H groups in total. The van der Waals surface area contributed by atoms with Crippen LogP contribution in [0.3, 0.4) is 0 Å². The monoisotopic (exact) mass is 218 g/mol. The molecule has 3 heteroatoms. The van der Waals surface area contributed by atoms with Crippen molar-refractivity contribution in [2.24, 2.45) is 0 Å². The summed E-state index contributed by atoms with van der Waals surface area (Å²) in [5.41, 5.74) is 3.15. The van der Waals surface area contributed by atoms with Crippen LogP contribution in [0.5, 0.6) is 0 Å². The molecule has 0 aliphatic rings. The quantitative estimate of drug-likeness (QED) is 0.784. The maximum Gasteiger partial charge on any atom is 0.209 e. The lowest BCUT2D eigenvalue weighted by Gasteiger charge is -1.96. The summed E-state index contributed by atoms with van der Waals surface area (Å²) >= 11 is 0. The van der Waals surface area contributed by atoms with Crippen LogP contribution in [0, 0.1) is 0 Å². The molecule has 0 aliphatic heterocycles. The van der Waals surface area contributed by atoms with E-state index in [9.17, 15) is 0 Å². The molecule has 1 aromatic heterocycles. The third-order valence-electron chi connectivity index (χ3n) is 2.61. The van der Waals surface area contributed by atoms with E-state index < -0.39 is 0 Å². The summed E-state index contributed by atoms with van der Waals surface area (Å²) in [6, 6.07) is 6.20. The first-order valence-electron chi connectivity index (χ1n) is 5.92. The highest BCUT2D eigenvalue weighted by Crippen LogP contribution is 2.17. The van der Waals surface area contributed by atoms with Crippen LogP contribution < -0.4 is 5.32 Å². The van der Waals surface area contributed by atoms with Crippen LogP contribution >= 0.6 is 0 Å². The summed E-state index contributed by atoms with van der Waals surface area (Å²) in [5, 5.41) is 3.28. The van der Waals surface area contributed by atoms with Gasteiger partial charge in [0.1, 0.15) is 5.52 Å². The van der Waals surface area contributed by atoms with Gasteiger partial charge in [-0.25, -0.2) is 4.98 Å². The Morgan fingerprint density at radius 3 is 2.94 bits per heavy atom. The van der Waals surface area contributed by atoms with E-state index >= 15 is 0 Å². The maximum absolute atomic E-state index is 5.64. The van der Waals surface area contributed by atoms with Crippen molar-refractivity contribution in [2.75, 3.05) is 6.54 Å². The molecule has 0 unspecified atom stereocenters. The largest absolute Gasteiger partial charge is 0.439 e. The van der Waals surface area contributed by atoms with Crippen LogP contribution in [-0.4, -0.2) is 11.5 Å². The Balaban J connectivity index is 2.16. The van der Waals surface area contributed by atoms with Crippen LogP contribution in [0.1, 0.15) is 31.7 Å². The van der Waals surface area contributed by atoms with Crippen LogP contribution in [0.4, 0.5) is 0 Å². The molecule has 0 fully saturated rings. The molecule has 2 rings (SSSR count). The average Bonchev–Trinajstić information content (AvgIpc) is 2.70. The van der Waals surface area contributed by atoms with Gasteiger partial charge in [0.15, 0.2) is 5.58 Å². The van der Waals surface area contributed by atoms with E-state index in [0.717, 1.165) is 36.4 Å². The van der Waals surface area contributed by atoms with Gasteiger partial charge in [0.25, 0.3) is 0 Å². The normalized spacial score (nSPS) is 11.1. The minimum atomic E-state index is 0.712. The number of hydrogen-bond donors (Lipinski definition) is 1. The molecular formula is C13H18N2O. The van der Waals surface area contributed by atoms with Gasteiger partial charge >= 0.3 is 0 Å². The van der Waals surface area contributed by atoms with E-state index in [1.807, 2.05) is 6.07 Å². The van der Waals surface area contributed by atoms with E-state index in [4.69, 9.17) is 4.42 Å². The summed E-state index contributed by atoms with van der Waals surface area (Å²) < 4.78 is 5.64. The zero-order valence-corrected chi connectivity index (χ0v) is 9.92. The van der Waals surface area contributed by atoms with Crippen LogP contribution in [0.15, 0.2) is 22.6 Å². The molecule has 0 atom stereocenters. The molecule has 2 aromatic rings. The molecule has 1 heterocycles. The van der Waals surface area contributed by atoms with Crippen molar-refractivity contribution < 1.29 is 4.42 Å². The minimum Gasteiger partial charge on any atom is -0.439 e. The van der Waals surface area contributed by atoms with E-state index in [0.29, 0.717) is 6.54 Å². The van der Waals surface area contributed by atoms with E-state index in [-0.39, 0.29) is 0 Å². The second-order valence-electron chi connectivity index (χ2n) is 3.94. The smallest absolute Gasteiger partial charge is 0.209 e. The SMILES string of the molecule is CCCNCc1nc2cc(CC)ccc2o1. The highest BCUT2D eigenvalue weighted by Gasteiger charge is 2.05. The third-order valence-corrected chi connectivity index (χ3v) is 2.61. The number of nitrogens with zero attached hydrogens (tertiary/aromatic N) is 1. The first-order valence-corrected chi connectivity index (χ1v) is 5.92. The van der Waals surface area contributed by atoms with Crippen molar-refractivity contribution in [3.8, 4) is 0 Å². The Kier molecular flexibility index (Phi) is 3.57. The van der Waals surface area contributed by atoms with Gasteiger partial charge in [-0.15, -0.1) is 0 Å². The number of aromatic nitrogens is 1. The molecule has 16 heavy (non-hydrogen) atoms. The van der Waals surface area contributed by atoms with Gasteiger partial charge in [-0.3, -0.25) is 0 Å². The second-order valence-corrected chi connectivity index (χ2v) is 3.94. The third kappa shape index (κ3) is 2.42. The number of aryl methyl sites for hydroxylation is 1. The van der Waals surface area contributed by atoms with Crippen LogP contribution in [0.25, 0.3) is 11.1 Å². The standard InChI is InChI=1S/C13H18N2O/c1-3-7-14-9-13-15-11-8-10(4-2)5-6-12(11)16-13/h5-6,8,14H,3-4,7,9H2,1-2H3. The maximum atomic E-state index is 5.64. The summed E-state index contributed by atoms with van der Waals surface area (Å²) in [7, 11) is 0. The molecule has 0 saturated heterocycles. The van der Waals surface area contributed by atoms with Gasteiger partial charge in [-0.05, 0) is 37.1 Å². The molecule has 86 valence electrons. The summed E-state index contributed by atoms with van der Waals surface area (Å²) in [6.45, 7) is 6.00. The predicted molar refractivity (Wildman–Crippen MR) is 65.4 cm³/mol. The van der Waals surface area contributed by atoms with Crippen molar-refractivity contribution >= 4 is 11.1 Å². The van der Waals surface area contributed by atoms with Gasteiger partial charge in [-0.1, -0.05) is 19.9 Å². The number of oxazole rings is 1. The Hall–Kier alpha value is -1.35. The van der Waals surface area contributed by atoms with Crippen LogP contribution in [-0.2, 0) is 13.0 Å². The fourth-order valence-electron chi connectivity index (χ4n) is 1.69. The van der Waals surface area contributed by atoms with Gasteiger partial charge in [-0.2, -0.15) is 0 Å². The fraction of sp³-hybridized carbons (Fsp3) is 0.462. The first-order chi connectivity index (χ1) is 7.83. The molecule has 0 saturated carbocycles. The minimum absolute atomic E-state index is 0.712. The van der Waals surface area contributed by atoms with Gasteiger partial charge in [0.05, 0.1) is 6.54 Å². The lowest BCUT2D eigenvalue weighted by atomic mass is 10.1. The summed E-state index contributed by atoms with van der Waals surface area (Å²) in [5.74, 6) is 0.775. The van der Waals surface area contributed by atoms with Crippen molar-refractivity contribution in [3.63, 3.8) is 0 Å². The second kappa shape index (κ2) is 5.12. The summed E-state index contributed by atoms with van der Waals surface area (Å²) in [4.78, 5) is 4.46. The first kappa shape index (κ1) is 11.1. The van der Waals surface area contributed by atoms with Crippen molar-refractivity contribution in [2.45, 2.75) is 33.2 Å². The molecule has 0 radical (unpaired) electrons. The zero-order valence-electron chi connectivity index (χ0n) is 9.92. The molecule has 3 nitrogen and oxygen atoms in total. The Bertz CT molecular complexity index is 462. The van der Waals surface area contributed by atoms with Gasteiger partial charge < -0.3 is 9.73 Å². The topological polar surface area (TPSA) is 38.1 Å². The average molecular weight is 218 g/mol. The van der Waals surface area contributed by atoms with Crippen molar-refractivity contribution in [3.05, 3.63) is 29.7 Å². The lowest BCUT2D eigenvalue weighted by Crippen LogP contribution is -2.13. The van der Waals surface area contributed by atoms with E-state index in [2.05, 4.69) is 36.3 Å². The molecule has 0 amide bonds. The van der Waals surface area contributed by atoms with Crippen LogP contribution in [0.2, 0.25) is 0 Å². The number of benzene rings is 1. The molecular weight excluding hydrogens is 200 g/mol. The molecule has 0 aliphatic carbocycles. The summed E-state index contributed by atoms with van der Waals surface area (Å²) in [6.07, 6.45) is 2.16. The van der Waals surface area contributed by atoms with E-state index in [1.165, 1.54) is 5.56 Å². The predicted octanol–water partition coefficient (Wildman–Crippen LogP) is 2.89.